The smallest absolute Gasteiger partial charge is 0.303 e. The van der Waals surface area contributed by atoms with E-state index in [4.69, 9.17) is 5.11 Å². The topological polar surface area (TPSA) is 79.3 Å². The molecule has 0 saturated carbocycles. The molecule has 20 heavy (non-hydrogen) atoms. The quantitative estimate of drug-likeness (QED) is 0.773. The van der Waals surface area contributed by atoms with E-state index in [9.17, 15) is 9.59 Å². The summed E-state index contributed by atoms with van der Waals surface area (Å²) in [4.78, 5) is 27.2. The summed E-state index contributed by atoms with van der Waals surface area (Å²) in [6.07, 6.45) is 1.64. The highest BCUT2D eigenvalue weighted by Gasteiger charge is 2.16. The molecular weight excluding hydrogens is 276 g/mol. The van der Waals surface area contributed by atoms with Crippen molar-refractivity contribution < 1.29 is 14.7 Å². The molecule has 0 bridgehead atoms. The van der Waals surface area contributed by atoms with Crippen molar-refractivity contribution in [3.8, 4) is 0 Å². The lowest BCUT2D eigenvalue weighted by molar-refractivity contribution is -0.137. The van der Waals surface area contributed by atoms with Crippen molar-refractivity contribution in [2.75, 3.05) is 6.54 Å². The van der Waals surface area contributed by atoms with E-state index in [0.29, 0.717) is 29.7 Å². The molecular formula is C14H22N2O3S. The molecule has 1 atom stereocenters. The lowest BCUT2D eigenvalue weighted by Gasteiger charge is -2.20. The van der Waals surface area contributed by atoms with Gasteiger partial charge in [-0.15, -0.1) is 11.3 Å². The number of rotatable bonds is 8. The van der Waals surface area contributed by atoms with Gasteiger partial charge in [0.2, 0.25) is 0 Å². The van der Waals surface area contributed by atoms with Crippen LogP contribution in [0.25, 0.3) is 0 Å². The first-order chi connectivity index (χ1) is 9.41. The Morgan fingerprint density at radius 2 is 2.10 bits per heavy atom. The van der Waals surface area contributed by atoms with Gasteiger partial charge in [-0.25, -0.2) is 4.98 Å². The first-order valence-corrected chi connectivity index (χ1v) is 7.69. The van der Waals surface area contributed by atoms with E-state index in [2.05, 4.69) is 24.1 Å². The largest absolute Gasteiger partial charge is 0.481 e. The van der Waals surface area contributed by atoms with Crippen LogP contribution in [0.2, 0.25) is 0 Å². The summed E-state index contributed by atoms with van der Waals surface area (Å²) in [5.74, 6) is -0.129. The maximum atomic E-state index is 11.9. The fourth-order valence-corrected chi connectivity index (χ4v) is 2.81. The van der Waals surface area contributed by atoms with E-state index in [1.807, 2.05) is 6.92 Å². The Hall–Kier alpha value is -1.43. The normalized spacial score (nSPS) is 12.4. The minimum Gasteiger partial charge on any atom is -0.481 e. The van der Waals surface area contributed by atoms with Crippen LogP contribution in [0.3, 0.4) is 0 Å². The zero-order valence-electron chi connectivity index (χ0n) is 12.2. The zero-order valence-corrected chi connectivity index (χ0v) is 13.0. The number of aromatic nitrogens is 1. The Balaban J connectivity index is 2.38. The van der Waals surface area contributed by atoms with E-state index < -0.39 is 5.97 Å². The van der Waals surface area contributed by atoms with E-state index in [1.54, 1.807) is 5.51 Å². The second kappa shape index (κ2) is 7.99. The van der Waals surface area contributed by atoms with Crippen molar-refractivity contribution in [1.82, 2.24) is 10.3 Å². The van der Waals surface area contributed by atoms with Crippen LogP contribution in [0, 0.1) is 18.8 Å². The number of nitrogens with one attached hydrogen (secondary N) is 1. The number of carboxylic acids is 1. The number of carboxylic acid groups (broad SMARTS) is 1. The third-order valence-corrected chi connectivity index (χ3v) is 4.35. The SMILES string of the molecule is Cc1ncsc1C(=O)NCCC(CCC(=O)O)C(C)C. The molecule has 0 aliphatic rings. The molecule has 1 aromatic rings. The monoisotopic (exact) mass is 298 g/mol. The summed E-state index contributed by atoms with van der Waals surface area (Å²) in [6, 6.07) is 0. The fraction of sp³-hybridized carbons (Fsp3) is 0.643. The molecule has 0 aliphatic carbocycles. The van der Waals surface area contributed by atoms with Gasteiger partial charge in [-0.3, -0.25) is 9.59 Å². The van der Waals surface area contributed by atoms with Gasteiger partial charge in [-0.1, -0.05) is 13.8 Å². The molecule has 1 heterocycles. The maximum absolute atomic E-state index is 11.9. The molecule has 6 heteroatoms. The third kappa shape index (κ3) is 5.28. The van der Waals surface area contributed by atoms with Crippen LogP contribution in [-0.4, -0.2) is 28.5 Å². The average Bonchev–Trinajstić information content (AvgIpc) is 2.78. The zero-order chi connectivity index (χ0) is 15.1. The van der Waals surface area contributed by atoms with E-state index in [0.717, 1.165) is 12.1 Å². The maximum Gasteiger partial charge on any atom is 0.303 e. The lowest BCUT2D eigenvalue weighted by atomic mass is 9.88. The first kappa shape index (κ1) is 16.6. The van der Waals surface area contributed by atoms with Crippen LogP contribution >= 0.6 is 11.3 Å². The predicted octanol–water partition coefficient (Wildman–Crippen LogP) is 2.71. The van der Waals surface area contributed by atoms with Crippen molar-refractivity contribution >= 4 is 23.2 Å². The van der Waals surface area contributed by atoms with Crippen molar-refractivity contribution in [2.24, 2.45) is 11.8 Å². The summed E-state index contributed by atoms with van der Waals surface area (Å²) < 4.78 is 0. The van der Waals surface area contributed by atoms with Crippen LogP contribution in [-0.2, 0) is 4.79 Å². The molecule has 0 aliphatic heterocycles. The van der Waals surface area contributed by atoms with Crippen LogP contribution in [0.15, 0.2) is 5.51 Å². The molecule has 1 rings (SSSR count). The lowest BCUT2D eigenvalue weighted by Crippen LogP contribution is -2.27. The number of hydrogen-bond acceptors (Lipinski definition) is 4. The summed E-state index contributed by atoms with van der Waals surface area (Å²) in [7, 11) is 0. The van der Waals surface area contributed by atoms with Crippen molar-refractivity contribution in [3.05, 3.63) is 16.1 Å². The number of aryl methyl sites for hydroxylation is 1. The van der Waals surface area contributed by atoms with Crippen LogP contribution in [0.5, 0.6) is 0 Å². The second-order valence-corrected chi connectivity index (χ2v) is 6.10. The van der Waals surface area contributed by atoms with Gasteiger partial charge in [0.15, 0.2) is 0 Å². The molecule has 1 aromatic heterocycles. The van der Waals surface area contributed by atoms with Gasteiger partial charge in [0, 0.05) is 13.0 Å². The summed E-state index contributed by atoms with van der Waals surface area (Å²) in [5, 5.41) is 11.6. The summed E-state index contributed by atoms with van der Waals surface area (Å²) in [5.41, 5.74) is 2.41. The Bertz CT molecular complexity index is 457. The molecule has 0 spiro atoms. The molecule has 0 fully saturated rings. The minimum absolute atomic E-state index is 0.0919. The second-order valence-electron chi connectivity index (χ2n) is 5.25. The Morgan fingerprint density at radius 3 is 2.60 bits per heavy atom. The number of aliphatic carboxylic acids is 1. The molecule has 112 valence electrons. The highest BCUT2D eigenvalue weighted by molar-refractivity contribution is 7.11. The summed E-state index contributed by atoms with van der Waals surface area (Å²) in [6.45, 7) is 6.55. The van der Waals surface area contributed by atoms with Gasteiger partial charge in [-0.05, 0) is 31.6 Å². The Labute approximate surface area is 123 Å². The molecule has 1 amide bonds. The first-order valence-electron chi connectivity index (χ1n) is 6.82. The molecule has 5 nitrogen and oxygen atoms in total. The van der Waals surface area contributed by atoms with E-state index >= 15 is 0 Å². The molecule has 1 unspecified atom stereocenters. The minimum atomic E-state index is -0.764. The van der Waals surface area contributed by atoms with Gasteiger partial charge in [-0.2, -0.15) is 0 Å². The standard InChI is InChI=1S/C14H22N2O3S/c1-9(2)11(4-5-12(17)18)6-7-15-14(19)13-10(3)16-8-20-13/h8-9,11H,4-7H2,1-3H3,(H,15,19)(H,17,18). The van der Waals surface area contributed by atoms with E-state index in [1.165, 1.54) is 11.3 Å². The van der Waals surface area contributed by atoms with Gasteiger partial charge in [0.05, 0.1) is 11.2 Å². The Kier molecular flexibility index (Phi) is 6.64. The third-order valence-electron chi connectivity index (χ3n) is 3.42. The Morgan fingerprint density at radius 1 is 1.40 bits per heavy atom. The number of hydrogen-bond donors (Lipinski definition) is 2. The van der Waals surface area contributed by atoms with Crippen molar-refractivity contribution in [3.63, 3.8) is 0 Å². The fourth-order valence-electron chi connectivity index (χ4n) is 2.09. The van der Waals surface area contributed by atoms with E-state index in [-0.39, 0.29) is 12.3 Å². The van der Waals surface area contributed by atoms with Gasteiger partial charge >= 0.3 is 5.97 Å². The van der Waals surface area contributed by atoms with Gasteiger partial charge < -0.3 is 10.4 Å². The number of nitrogens with zero attached hydrogens (tertiary/aromatic N) is 1. The highest BCUT2D eigenvalue weighted by atomic mass is 32.1. The predicted molar refractivity (Wildman–Crippen MR) is 79.0 cm³/mol. The van der Waals surface area contributed by atoms with Gasteiger partial charge in [0.25, 0.3) is 5.91 Å². The highest BCUT2D eigenvalue weighted by Crippen LogP contribution is 2.20. The number of carbonyl (C=O) groups excluding carboxylic acids is 1. The van der Waals surface area contributed by atoms with Crippen LogP contribution in [0.4, 0.5) is 0 Å². The van der Waals surface area contributed by atoms with Gasteiger partial charge in [0.1, 0.15) is 4.88 Å². The molecule has 0 saturated heterocycles. The molecule has 0 radical (unpaired) electrons. The van der Waals surface area contributed by atoms with Crippen LogP contribution < -0.4 is 5.32 Å². The van der Waals surface area contributed by atoms with Crippen LogP contribution in [0.1, 0.15) is 48.5 Å². The molecule has 0 aromatic carbocycles. The number of carbonyl (C=O) groups is 2. The number of thiazole rings is 1. The summed E-state index contributed by atoms with van der Waals surface area (Å²) >= 11 is 1.34. The average molecular weight is 298 g/mol. The number of amides is 1. The van der Waals surface area contributed by atoms with Crippen molar-refractivity contribution in [1.29, 1.82) is 0 Å². The molecule has 2 N–H and O–H groups in total. The van der Waals surface area contributed by atoms with Crippen molar-refractivity contribution in [2.45, 2.75) is 40.0 Å².